The number of nitrogens with zero attached hydrogens (tertiary/aromatic N) is 2. The van der Waals surface area contributed by atoms with Crippen LogP contribution in [0.25, 0.3) is 16.7 Å². The second-order valence-electron chi connectivity index (χ2n) is 10.1. The molecular weight excluding hydrogens is 412 g/mol. The minimum atomic E-state index is -0.274. The standard InChI is InChI=1S/C28H28N2O3/c1-28-12-11-21-20-9-8-18(27(32)33-2)13-17(20)7-10-22(21)23(28)14-19(15-31)26(28)30-16-29-24-5-3-4-6-25(24)30/h3-6,8-9,13,15-16,21-23H,7,10-12,14H2,1-2H3. The lowest BCUT2D eigenvalue weighted by molar-refractivity contribution is -0.105. The molecule has 5 heteroatoms. The molecule has 2 aromatic carbocycles. The van der Waals surface area contributed by atoms with Crippen molar-refractivity contribution in [3.63, 3.8) is 0 Å². The van der Waals surface area contributed by atoms with E-state index in [0.29, 0.717) is 23.3 Å². The number of aromatic nitrogens is 2. The van der Waals surface area contributed by atoms with Crippen molar-refractivity contribution >= 4 is 29.0 Å². The number of aldehydes is 1. The van der Waals surface area contributed by atoms with Gasteiger partial charge in [-0.15, -0.1) is 0 Å². The fourth-order valence-electron chi connectivity index (χ4n) is 7.19. The van der Waals surface area contributed by atoms with Gasteiger partial charge in [0.25, 0.3) is 0 Å². The predicted molar refractivity (Wildman–Crippen MR) is 127 cm³/mol. The number of imidazole rings is 1. The Balaban J connectivity index is 1.39. The summed E-state index contributed by atoms with van der Waals surface area (Å²) < 4.78 is 7.10. The maximum absolute atomic E-state index is 12.3. The van der Waals surface area contributed by atoms with E-state index in [4.69, 9.17) is 4.74 Å². The zero-order valence-electron chi connectivity index (χ0n) is 19.1. The van der Waals surface area contributed by atoms with Crippen LogP contribution in [0.5, 0.6) is 0 Å². The highest BCUT2D eigenvalue weighted by Crippen LogP contribution is 2.63. The van der Waals surface area contributed by atoms with E-state index in [2.05, 4.69) is 28.6 Å². The number of methoxy groups -OCH3 is 1. The van der Waals surface area contributed by atoms with Gasteiger partial charge in [0.15, 0.2) is 0 Å². The summed E-state index contributed by atoms with van der Waals surface area (Å²) in [6.07, 6.45) is 8.00. The quantitative estimate of drug-likeness (QED) is 0.404. The second kappa shape index (κ2) is 7.41. The molecule has 3 aliphatic carbocycles. The van der Waals surface area contributed by atoms with Crippen LogP contribution in [0.3, 0.4) is 0 Å². The van der Waals surface area contributed by atoms with Crippen LogP contribution in [-0.4, -0.2) is 28.9 Å². The first kappa shape index (κ1) is 20.4. The minimum absolute atomic E-state index is 0.0512. The maximum Gasteiger partial charge on any atom is 0.337 e. The van der Waals surface area contributed by atoms with Gasteiger partial charge in [-0.05, 0) is 85.3 Å². The van der Waals surface area contributed by atoms with Crippen molar-refractivity contribution in [1.82, 2.24) is 9.55 Å². The Kier molecular flexibility index (Phi) is 4.58. The van der Waals surface area contributed by atoms with Crippen LogP contribution in [0, 0.1) is 17.3 Å². The molecular formula is C28H28N2O3. The van der Waals surface area contributed by atoms with Gasteiger partial charge in [-0.1, -0.05) is 25.1 Å². The summed E-state index contributed by atoms with van der Waals surface area (Å²) in [6, 6.07) is 14.2. The Labute approximate surface area is 193 Å². The van der Waals surface area contributed by atoms with E-state index in [1.807, 2.05) is 36.7 Å². The zero-order chi connectivity index (χ0) is 22.7. The van der Waals surface area contributed by atoms with Gasteiger partial charge in [-0.2, -0.15) is 0 Å². The van der Waals surface area contributed by atoms with Gasteiger partial charge in [0, 0.05) is 16.7 Å². The van der Waals surface area contributed by atoms with Crippen molar-refractivity contribution in [2.45, 2.75) is 44.9 Å². The number of carbonyl (C=O) groups is 2. The van der Waals surface area contributed by atoms with Crippen molar-refractivity contribution in [2.75, 3.05) is 7.11 Å². The fourth-order valence-corrected chi connectivity index (χ4v) is 7.19. The Hall–Kier alpha value is -3.21. The molecule has 4 unspecified atom stereocenters. The Bertz CT molecular complexity index is 1320. The molecule has 1 aromatic heterocycles. The number of para-hydroxylation sites is 2. The summed E-state index contributed by atoms with van der Waals surface area (Å²) >= 11 is 0. The maximum atomic E-state index is 12.3. The summed E-state index contributed by atoms with van der Waals surface area (Å²) in [7, 11) is 1.43. The predicted octanol–water partition coefficient (Wildman–Crippen LogP) is 5.40. The van der Waals surface area contributed by atoms with Crippen LogP contribution in [0.2, 0.25) is 0 Å². The number of carbonyl (C=O) groups excluding carboxylic acids is 2. The van der Waals surface area contributed by atoms with Crippen molar-refractivity contribution in [1.29, 1.82) is 0 Å². The van der Waals surface area contributed by atoms with E-state index in [9.17, 15) is 9.59 Å². The monoisotopic (exact) mass is 440 g/mol. The molecule has 0 bridgehead atoms. The van der Waals surface area contributed by atoms with Gasteiger partial charge in [-0.3, -0.25) is 4.79 Å². The topological polar surface area (TPSA) is 61.2 Å². The minimum Gasteiger partial charge on any atom is -0.465 e. The molecule has 4 atom stereocenters. The molecule has 1 saturated carbocycles. The lowest BCUT2D eigenvalue weighted by atomic mass is 9.55. The molecule has 1 fully saturated rings. The van der Waals surface area contributed by atoms with E-state index in [1.165, 1.54) is 18.2 Å². The number of rotatable bonds is 3. The molecule has 1 heterocycles. The van der Waals surface area contributed by atoms with Gasteiger partial charge in [0.2, 0.25) is 0 Å². The lowest BCUT2D eigenvalue weighted by Gasteiger charge is -2.50. The van der Waals surface area contributed by atoms with E-state index in [0.717, 1.165) is 60.7 Å². The molecule has 0 aliphatic heterocycles. The number of fused-ring (bicyclic) bond motifs is 6. The SMILES string of the molecule is COC(=O)c1ccc2c(c1)CCC1C2CCC2(C)C(n3cnc4ccccc43)=C(C=O)CC12. The molecule has 6 rings (SSSR count). The third-order valence-corrected chi connectivity index (χ3v) is 8.66. The lowest BCUT2D eigenvalue weighted by Crippen LogP contribution is -2.41. The van der Waals surface area contributed by atoms with Gasteiger partial charge in [0.05, 0.1) is 23.7 Å². The van der Waals surface area contributed by atoms with Crippen molar-refractivity contribution in [3.05, 3.63) is 71.1 Å². The molecule has 3 aromatic rings. The smallest absolute Gasteiger partial charge is 0.337 e. The third-order valence-electron chi connectivity index (χ3n) is 8.66. The van der Waals surface area contributed by atoms with Gasteiger partial charge in [-0.25, -0.2) is 9.78 Å². The highest BCUT2D eigenvalue weighted by molar-refractivity contribution is 5.91. The average Bonchev–Trinajstić information content (AvgIpc) is 3.40. The summed E-state index contributed by atoms with van der Waals surface area (Å²) in [5.74, 6) is 1.16. The number of allylic oxidation sites excluding steroid dienone is 2. The van der Waals surface area contributed by atoms with Crippen LogP contribution < -0.4 is 0 Å². The first-order valence-electron chi connectivity index (χ1n) is 11.9. The summed E-state index contributed by atoms with van der Waals surface area (Å²) in [5.41, 5.74) is 7.36. The van der Waals surface area contributed by atoms with Gasteiger partial charge in [0.1, 0.15) is 12.6 Å². The molecule has 0 radical (unpaired) electrons. The van der Waals surface area contributed by atoms with E-state index >= 15 is 0 Å². The molecule has 168 valence electrons. The van der Waals surface area contributed by atoms with E-state index < -0.39 is 0 Å². The Morgan fingerprint density at radius 3 is 2.88 bits per heavy atom. The fraction of sp³-hybridized carbons (Fsp3) is 0.393. The van der Waals surface area contributed by atoms with Gasteiger partial charge >= 0.3 is 5.97 Å². The van der Waals surface area contributed by atoms with E-state index in [-0.39, 0.29) is 11.4 Å². The summed E-state index contributed by atoms with van der Waals surface area (Å²) in [4.78, 5) is 28.9. The molecule has 0 N–H and O–H groups in total. The van der Waals surface area contributed by atoms with Crippen LogP contribution in [0.15, 0.2) is 54.4 Å². The molecule has 0 saturated heterocycles. The number of hydrogen-bond acceptors (Lipinski definition) is 4. The number of benzene rings is 2. The number of hydrogen-bond donors (Lipinski definition) is 0. The van der Waals surface area contributed by atoms with Crippen LogP contribution >= 0.6 is 0 Å². The summed E-state index contributed by atoms with van der Waals surface area (Å²) in [5, 5.41) is 0. The van der Waals surface area contributed by atoms with Crippen LogP contribution in [0.4, 0.5) is 0 Å². The number of esters is 1. The molecule has 5 nitrogen and oxygen atoms in total. The van der Waals surface area contributed by atoms with Crippen molar-refractivity contribution < 1.29 is 14.3 Å². The molecule has 33 heavy (non-hydrogen) atoms. The highest BCUT2D eigenvalue weighted by Gasteiger charge is 2.54. The van der Waals surface area contributed by atoms with Crippen LogP contribution in [-0.2, 0) is 16.0 Å². The Morgan fingerprint density at radius 2 is 2.06 bits per heavy atom. The van der Waals surface area contributed by atoms with Gasteiger partial charge < -0.3 is 9.30 Å². The normalized spacial score (nSPS) is 28.2. The zero-order valence-corrected chi connectivity index (χ0v) is 19.1. The molecule has 0 spiro atoms. The molecule has 3 aliphatic rings. The number of aryl methyl sites for hydroxylation is 1. The first-order valence-corrected chi connectivity index (χ1v) is 11.9. The first-order chi connectivity index (χ1) is 16.0. The largest absolute Gasteiger partial charge is 0.465 e. The highest BCUT2D eigenvalue weighted by atomic mass is 16.5. The van der Waals surface area contributed by atoms with Crippen molar-refractivity contribution in [3.8, 4) is 0 Å². The van der Waals surface area contributed by atoms with E-state index in [1.54, 1.807) is 0 Å². The number of ether oxygens (including phenoxy) is 1. The third kappa shape index (κ3) is 2.87. The second-order valence-corrected chi connectivity index (χ2v) is 10.1. The van der Waals surface area contributed by atoms with Crippen LogP contribution in [0.1, 0.15) is 60.0 Å². The summed E-state index contributed by atoms with van der Waals surface area (Å²) in [6.45, 7) is 2.37. The average molecular weight is 441 g/mol. The Morgan fingerprint density at radius 1 is 1.21 bits per heavy atom. The van der Waals surface area contributed by atoms with Crippen molar-refractivity contribution in [2.24, 2.45) is 17.3 Å². The molecule has 0 amide bonds.